The highest BCUT2D eigenvalue weighted by atomic mass is 32.1. The fourth-order valence-electron chi connectivity index (χ4n) is 2.82. The van der Waals surface area contributed by atoms with Gasteiger partial charge in [-0.25, -0.2) is 0 Å². The second-order valence-corrected chi connectivity index (χ2v) is 6.88. The third kappa shape index (κ3) is 3.37. The van der Waals surface area contributed by atoms with Crippen LogP contribution in [0.25, 0.3) is 23.1 Å². The maximum Gasteiger partial charge on any atom is 0.0927 e. The molecule has 0 spiro atoms. The second-order valence-electron chi connectivity index (χ2n) is 5.68. The van der Waals surface area contributed by atoms with Gasteiger partial charge in [-0.3, -0.25) is 10.00 Å². The zero-order chi connectivity index (χ0) is 15.5. The van der Waals surface area contributed by atoms with E-state index in [0.29, 0.717) is 0 Å². The quantitative estimate of drug-likeness (QED) is 0.796. The molecule has 4 nitrogen and oxygen atoms in total. The van der Waals surface area contributed by atoms with Crippen LogP contribution in [-0.4, -0.2) is 41.4 Å². The number of benzene rings is 1. The summed E-state index contributed by atoms with van der Waals surface area (Å²) >= 11 is 1.85. The summed E-state index contributed by atoms with van der Waals surface area (Å²) in [5.74, 6) is 0. The van der Waals surface area contributed by atoms with E-state index < -0.39 is 0 Å². The largest absolute Gasteiger partial charge is 0.379 e. The summed E-state index contributed by atoms with van der Waals surface area (Å²) in [4.78, 5) is 5.11. The number of ether oxygens (including phenoxy) is 1. The molecule has 0 bridgehead atoms. The van der Waals surface area contributed by atoms with E-state index in [1.54, 1.807) is 0 Å². The van der Waals surface area contributed by atoms with Crippen molar-refractivity contribution in [1.82, 2.24) is 15.1 Å². The average molecular weight is 325 g/mol. The molecule has 4 rings (SSSR count). The van der Waals surface area contributed by atoms with E-state index in [4.69, 9.17) is 4.74 Å². The van der Waals surface area contributed by atoms with Gasteiger partial charge in [0.15, 0.2) is 0 Å². The van der Waals surface area contributed by atoms with Gasteiger partial charge < -0.3 is 4.74 Å². The molecule has 3 aromatic rings. The van der Waals surface area contributed by atoms with Gasteiger partial charge in [0.2, 0.25) is 0 Å². The molecule has 0 unspecified atom stereocenters. The molecule has 1 aliphatic heterocycles. The monoisotopic (exact) mass is 325 g/mol. The molecule has 1 fully saturated rings. The van der Waals surface area contributed by atoms with Gasteiger partial charge >= 0.3 is 0 Å². The van der Waals surface area contributed by atoms with Crippen molar-refractivity contribution in [2.24, 2.45) is 0 Å². The molecule has 1 saturated heterocycles. The lowest BCUT2D eigenvalue weighted by Crippen LogP contribution is -2.35. The Kier molecular flexibility index (Phi) is 4.24. The van der Waals surface area contributed by atoms with Gasteiger partial charge in [0, 0.05) is 34.8 Å². The van der Waals surface area contributed by atoms with Crippen molar-refractivity contribution >= 4 is 34.4 Å². The smallest absolute Gasteiger partial charge is 0.0927 e. The van der Waals surface area contributed by atoms with E-state index in [2.05, 4.69) is 45.4 Å². The van der Waals surface area contributed by atoms with E-state index in [1.807, 2.05) is 29.5 Å². The Hall–Kier alpha value is -1.95. The predicted octanol–water partition coefficient (Wildman–Crippen LogP) is 3.63. The topological polar surface area (TPSA) is 41.2 Å². The molecule has 1 aliphatic rings. The first-order valence-electron chi connectivity index (χ1n) is 7.88. The Labute approximate surface area is 139 Å². The molecule has 0 aliphatic carbocycles. The van der Waals surface area contributed by atoms with Crippen LogP contribution in [0.15, 0.2) is 36.4 Å². The summed E-state index contributed by atoms with van der Waals surface area (Å²) in [7, 11) is 0. The first kappa shape index (κ1) is 14.6. The number of hydrogen-bond donors (Lipinski definition) is 1. The number of aromatic nitrogens is 2. The summed E-state index contributed by atoms with van der Waals surface area (Å²) in [6, 6.07) is 12.6. The van der Waals surface area contributed by atoms with E-state index in [0.717, 1.165) is 49.4 Å². The van der Waals surface area contributed by atoms with Gasteiger partial charge in [-0.2, -0.15) is 5.10 Å². The van der Waals surface area contributed by atoms with Crippen LogP contribution in [0, 0.1) is 0 Å². The van der Waals surface area contributed by atoms with Crippen LogP contribution in [0.3, 0.4) is 0 Å². The number of fused-ring (bicyclic) bond motifs is 1. The SMILES string of the molecule is C(=C\c1n[nH]c2ccccc12)/c1ccc(CN2CCOCC2)s1. The van der Waals surface area contributed by atoms with Crippen LogP contribution in [0.1, 0.15) is 15.4 Å². The minimum atomic E-state index is 0.852. The van der Waals surface area contributed by atoms with Crippen LogP contribution in [-0.2, 0) is 11.3 Å². The van der Waals surface area contributed by atoms with Crippen molar-refractivity contribution in [3.63, 3.8) is 0 Å². The minimum absolute atomic E-state index is 0.852. The molecular weight excluding hydrogens is 306 g/mol. The highest BCUT2D eigenvalue weighted by Gasteiger charge is 2.11. The van der Waals surface area contributed by atoms with Crippen molar-refractivity contribution < 1.29 is 4.74 Å². The molecule has 0 atom stereocenters. The van der Waals surface area contributed by atoms with Gasteiger partial charge in [0.05, 0.1) is 24.4 Å². The lowest BCUT2D eigenvalue weighted by atomic mass is 10.2. The van der Waals surface area contributed by atoms with Crippen LogP contribution < -0.4 is 0 Å². The standard InChI is InChI=1S/C18H19N3OS/c1-2-4-17-16(3-1)18(20-19-17)8-7-14-5-6-15(23-14)13-21-9-11-22-12-10-21/h1-8H,9-13H2,(H,19,20)/b8-7+. The van der Waals surface area contributed by atoms with E-state index in [-0.39, 0.29) is 0 Å². The molecule has 2 aromatic heterocycles. The number of thiophene rings is 1. The van der Waals surface area contributed by atoms with Gasteiger partial charge in [0.25, 0.3) is 0 Å². The third-order valence-corrected chi connectivity index (χ3v) is 5.11. The molecule has 3 heterocycles. The maximum atomic E-state index is 5.40. The molecule has 5 heteroatoms. The number of rotatable bonds is 4. The number of morpholine rings is 1. The lowest BCUT2D eigenvalue weighted by Gasteiger charge is -2.25. The first-order valence-corrected chi connectivity index (χ1v) is 8.70. The summed E-state index contributed by atoms with van der Waals surface area (Å²) in [5.41, 5.74) is 2.06. The zero-order valence-corrected chi connectivity index (χ0v) is 13.7. The van der Waals surface area contributed by atoms with Crippen molar-refractivity contribution in [3.8, 4) is 0 Å². The molecule has 1 N–H and O–H groups in total. The van der Waals surface area contributed by atoms with Gasteiger partial charge in [-0.15, -0.1) is 11.3 Å². The second kappa shape index (κ2) is 6.66. The molecule has 23 heavy (non-hydrogen) atoms. The highest BCUT2D eigenvalue weighted by Crippen LogP contribution is 2.22. The van der Waals surface area contributed by atoms with Crippen molar-refractivity contribution in [3.05, 3.63) is 51.8 Å². The summed E-state index contributed by atoms with van der Waals surface area (Å²) in [6.07, 6.45) is 4.24. The lowest BCUT2D eigenvalue weighted by molar-refractivity contribution is 0.0346. The van der Waals surface area contributed by atoms with Crippen LogP contribution >= 0.6 is 11.3 Å². The van der Waals surface area contributed by atoms with E-state index in [1.165, 1.54) is 9.75 Å². The van der Waals surface area contributed by atoms with Crippen molar-refractivity contribution in [2.75, 3.05) is 26.3 Å². The first-order chi connectivity index (χ1) is 11.4. The number of para-hydroxylation sites is 1. The van der Waals surface area contributed by atoms with Gasteiger partial charge in [0.1, 0.15) is 0 Å². The fraction of sp³-hybridized carbons (Fsp3) is 0.278. The Morgan fingerprint density at radius 2 is 2.00 bits per heavy atom. The van der Waals surface area contributed by atoms with Gasteiger partial charge in [-0.05, 0) is 30.4 Å². The molecule has 0 amide bonds. The number of H-pyrrole nitrogens is 1. The summed E-state index contributed by atoms with van der Waals surface area (Å²) < 4.78 is 5.40. The molecule has 118 valence electrons. The molecular formula is C18H19N3OS. The van der Waals surface area contributed by atoms with Crippen LogP contribution in [0.5, 0.6) is 0 Å². The highest BCUT2D eigenvalue weighted by molar-refractivity contribution is 7.12. The minimum Gasteiger partial charge on any atom is -0.379 e. The predicted molar refractivity (Wildman–Crippen MR) is 95.4 cm³/mol. The Morgan fingerprint density at radius 3 is 2.91 bits per heavy atom. The fourth-order valence-corrected chi connectivity index (χ4v) is 3.78. The third-order valence-electron chi connectivity index (χ3n) is 4.07. The normalized spacial score (nSPS) is 16.5. The Bertz CT molecular complexity index is 814. The molecule has 1 aromatic carbocycles. The number of nitrogens with zero attached hydrogens (tertiary/aromatic N) is 2. The van der Waals surface area contributed by atoms with Crippen molar-refractivity contribution in [1.29, 1.82) is 0 Å². The van der Waals surface area contributed by atoms with E-state index >= 15 is 0 Å². The Balaban J connectivity index is 1.46. The zero-order valence-electron chi connectivity index (χ0n) is 12.9. The van der Waals surface area contributed by atoms with Crippen LogP contribution in [0.2, 0.25) is 0 Å². The number of nitrogens with one attached hydrogen (secondary N) is 1. The number of hydrogen-bond acceptors (Lipinski definition) is 4. The van der Waals surface area contributed by atoms with Crippen molar-refractivity contribution in [2.45, 2.75) is 6.54 Å². The molecule has 0 saturated carbocycles. The maximum absolute atomic E-state index is 5.40. The molecule has 0 radical (unpaired) electrons. The summed E-state index contributed by atoms with van der Waals surface area (Å²) in [6.45, 7) is 4.78. The Morgan fingerprint density at radius 1 is 1.13 bits per heavy atom. The van der Waals surface area contributed by atoms with Gasteiger partial charge in [-0.1, -0.05) is 18.2 Å². The van der Waals surface area contributed by atoms with Crippen LogP contribution in [0.4, 0.5) is 0 Å². The average Bonchev–Trinajstić information content (AvgIpc) is 3.21. The van der Waals surface area contributed by atoms with E-state index in [9.17, 15) is 0 Å². The summed E-state index contributed by atoms with van der Waals surface area (Å²) in [5, 5.41) is 8.61. The number of aromatic amines is 1.